The van der Waals surface area contributed by atoms with Gasteiger partial charge in [0.05, 0.1) is 4.90 Å². The van der Waals surface area contributed by atoms with E-state index in [1.807, 2.05) is 30.3 Å². The molecule has 2 aliphatic heterocycles. The van der Waals surface area contributed by atoms with E-state index in [0.717, 1.165) is 24.2 Å². The summed E-state index contributed by atoms with van der Waals surface area (Å²) in [5, 5.41) is 3.04. The molecule has 0 spiro atoms. The molecule has 0 radical (unpaired) electrons. The van der Waals surface area contributed by atoms with Gasteiger partial charge in [-0.05, 0) is 66.9 Å². The maximum Gasteiger partial charge on any atom is 0.251 e. The van der Waals surface area contributed by atoms with Crippen LogP contribution in [-0.4, -0.2) is 67.7 Å². The fraction of sp³-hybridized carbons (Fsp3) is 0.367. The Balaban J connectivity index is 1.09. The minimum absolute atomic E-state index is 0.0822. The minimum atomic E-state index is -3.45. The molecule has 1 amide bonds. The second-order valence-corrected chi connectivity index (χ2v) is 12.1. The molecule has 1 N–H and O–H groups in total. The molecule has 0 bridgehead atoms. The number of hydrogen-bond donors (Lipinski definition) is 1. The number of carbonyl (C=O) groups is 1. The summed E-state index contributed by atoms with van der Waals surface area (Å²) in [5.74, 6) is -0.0822. The number of piperazine rings is 1. The van der Waals surface area contributed by atoms with Crippen molar-refractivity contribution in [3.8, 4) is 0 Å². The Morgan fingerprint density at radius 1 is 0.684 bits per heavy atom. The van der Waals surface area contributed by atoms with Gasteiger partial charge >= 0.3 is 0 Å². The lowest BCUT2D eigenvalue weighted by molar-refractivity contribution is 0.0951. The average molecular weight is 533 g/mol. The molecule has 0 atom stereocenters. The van der Waals surface area contributed by atoms with Crippen molar-refractivity contribution < 1.29 is 13.2 Å². The lowest BCUT2D eigenvalue weighted by Crippen LogP contribution is -2.48. The van der Waals surface area contributed by atoms with E-state index in [1.54, 1.807) is 28.6 Å². The van der Waals surface area contributed by atoms with E-state index in [2.05, 4.69) is 39.4 Å². The highest BCUT2D eigenvalue weighted by Gasteiger charge is 2.28. The normalized spacial score (nSPS) is 17.5. The second-order valence-electron chi connectivity index (χ2n) is 10.2. The van der Waals surface area contributed by atoms with Gasteiger partial charge in [0.15, 0.2) is 0 Å². The molecule has 7 nitrogen and oxygen atoms in total. The summed E-state index contributed by atoms with van der Waals surface area (Å²) in [7, 11) is -3.45. The van der Waals surface area contributed by atoms with E-state index >= 15 is 0 Å². The number of carbonyl (C=O) groups excluding carboxylic acids is 1. The Labute approximate surface area is 226 Å². The van der Waals surface area contributed by atoms with Crippen LogP contribution in [0, 0.1) is 0 Å². The summed E-state index contributed by atoms with van der Waals surface area (Å²) >= 11 is 0. The molecule has 0 saturated carbocycles. The quantitative estimate of drug-likeness (QED) is 0.455. The number of nitrogens with zero attached hydrogens (tertiary/aromatic N) is 3. The Kier molecular flexibility index (Phi) is 8.54. The van der Waals surface area contributed by atoms with Crippen LogP contribution in [0.4, 0.5) is 0 Å². The molecular formula is C30H36N4O3S. The molecule has 5 rings (SSSR count). The molecule has 2 fully saturated rings. The lowest BCUT2D eigenvalue weighted by atomic mass is 10.1. The van der Waals surface area contributed by atoms with Crippen LogP contribution < -0.4 is 5.32 Å². The van der Waals surface area contributed by atoms with Crippen molar-refractivity contribution in [2.75, 3.05) is 39.3 Å². The molecule has 0 unspecified atom stereocenters. The average Bonchev–Trinajstić information content (AvgIpc) is 3.46. The molecule has 38 heavy (non-hydrogen) atoms. The molecule has 2 aliphatic rings. The van der Waals surface area contributed by atoms with Gasteiger partial charge < -0.3 is 5.32 Å². The van der Waals surface area contributed by atoms with Crippen molar-refractivity contribution in [1.82, 2.24) is 19.4 Å². The van der Waals surface area contributed by atoms with Crippen LogP contribution in [0.25, 0.3) is 0 Å². The first-order chi connectivity index (χ1) is 18.5. The van der Waals surface area contributed by atoms with Gasteiger partial charge in [-0.15, -0.1) is 0 Å². The largest absolute Gasteiger partial charge is 0.348 e. The Hall–Kier alpha value is -3.04. The van der Waals surface area contributed by atoms with Crippen LogP contribution in [0.5, 0.6) is 0 Å². The van der Waals surface area contributed by atoms with Crippen molar-refractivity contribution in [1.29, 1.82) is 0 Å². The van der Waals surface area contributed by atoms with E-state index in [4.69, 9.17) is 0 Å². The van der Waals surface area contributed by atoms with Gasteiger partial charge in [-0.3, -0.25) is 14.6 Å². The molecule has 2 heterocycles. The van der Waals surface area contributed by atoms with E-state index in [0.29, 0.717) is 43.2 Å². The summed E-state index contributed by atoms with van der Waals surface area (Å²) in [4.78, 5) is 17.8. The van der Waals surface area contributed by atoms with Gasteiger partial charge in [0.1, 0.15) is 0 Å². The van der Waals surface area contributed by atoms with Gasteiger partial charge in [0, 0.05) is 51.4 Å². The monoisotopic (exact) mass is 532 g/mol. The van der Waals surface area contributed by atoms with E-state index in [9.17, 15) is 13.2 Å². The maximum absolute atomic E-state index is 12.9. The van der Waals surface area contributed by atoms with E-state index in [1.165, 1.54) is 31.5 Å². The van der Waals surface area contributed by atoms with Crippen LogP contribution in [0.3, 0.4) is 0 Å². The summed E-state index contributed by atoms with van der Waals surface area (Å²) in [6.07, 6.45) is 2.56. The zero-order valence-electron chi connectivity index (χ0n) is 21.8. The number of hydrogen-bond acceptors (Lipinski definition) is 5. The zero-order valence-corrected chi connectivity index (χ0v) is 22.6. The molecule has 0 aromatic heterocycles. The van der Waals surface area contributed by atoms with Crippen molar-refractivity contribution in [2.24, 2.45) is 0 Å². The number of likely N-dealkylation sites (tertiary alicyclic amines) is 1. The number of nitrogens with one attached hydrogen (secondary N) is 1. The van der Waals surface area contributed by atoms with E-state index < -0.39 is 10.0 Å². The lowest BCUT2D eigenvalue weighted by Gasteiger charge is -2.34. The van der Waals surface area contributed by atoms with Crippen molar-refractivity contribution in [3.63, 3.8) is 0 Å². The van der Waals surface area contributed by atoms with Crippen molar-refractivity contribution in [2.45, 2.75) is 37.4 Å². The molecule has 0 aliphatic carbocycles. The summed E-state index contributed by atoms with van der Waals surface area (Å²) in [5.41, 5.74) is 4.15. The van der Waals surface area contributed by atoms with Crippen molar-refractivity contribution >= 4 is 15.9 Å². The van der Waals surface area contributed by atoms with Gasteiger partial charge in [-0.2, -0.15) is 4.31 Å². The minimum Gasteiger partial charge on any atom is -0.348 e. The third-order valence-corrected chi connectivity index (χ3v) is 9.30. The Morgan fingerprint density at radius 3 is 2.03 bits per heavy atom. The van der Waals surface area contributed by atoms with Gasteiger partial charge in [-0.1, -0.05) is 54.6 Å². The standard InChI is InChI=1S/C30H36N4O3S/c35-30(31-22-26-7-6-8-27(21-26)24-32-15-4-5-16-32)28-13-11-25(12-14-28)23-33-17-19-34(20-18-33)38(36,37)29-9-2-1-3-10-29/h1-3,6-14,21H,4-5,15-20,22-24H2,(H,31,35). The first-order valence-corrected chi connectivity index (χ1v) is 14.9. The zero-order chi connectivity index (χ0) is 26.4. The number of benzene rings is 3. The van der Waals surface area contributed by atoms with Crippen LogP contribution in [0.15, 0.2) is 83.8 Å². The predicted octanol–water partition coefficient (Wildman–Crippen LogP) is 3.72. The van der Waals surface area contributed by atoms with Crippen LogP contribution in [0.2, 0.25) is 0 Å². The summed E-state index contributed by atoms with van der Waals surface area (Å²) < 4.78 is 27.3. The number of rotatable bonds is 9. The maximum atomic E-state index is 12.9. The highest BCUT2D eigenvalue weighted by Crippen LogP contribution is 2.19. The molecule has 200 valence electrons. The third kappa shape index (κ3) is 6.69. The second kappa shape index (κ2) is 12.2. The topological polar surface area (TPSA) is 73.0 Å². The first-order valence-electron chi connectivity index (χ1n) is 13.4. The molecule has 3 aromatic carbocycles. The third-order valence-electron chi connectivity index (χ3n) is 7.38. The van der Waals surface area contributed by atoms with Gasteiger partial charge in [0.25, 0.3) is 5.91 Å². The van der Waals surface area contributed by atoms with Crippen LogP contribution in [0.1, 0.15) is 39.9 Å². The van der Waals surface area contributed by atoms with Crippen LogP contribution in [-0.2, 0) is 29.7 Å². The fourth-order valence-electron chi connectivity index (χ4n) is 5.21. The molecule has 2 saturated heterocycles. The number of sulfonamides is 1. The number of amides is 1. The highest BCUT2D eigenvalue weighted by atomic mass is 32.2. The van der Waals surface area contributed by atoms with E-state index in [-0.39, 0.29) is 5.91 Å². The van der Waals surface area contributed by atoms with Crippen LogP contribution >= 0.6 is 0 Å². The smallest absolute Gasteiger partial charge is 0.251 e. The van der Waals surface area contributed by atoms with Gasteiger partial charge in [0.2, 0.25) is 10.0 Å². The Bertz CT molecular complexity index is 1320. The Morgan fingerprint density at radius 2 is 1.32 bits per heavy atom. The molecule has 3 aromatic rings. The van der Waals surface area contributed by atoms with Crippen molar-refractivity contribution in [3.05, 3.63) is 101 Å². The highest BCUT2D eigenvalue weighted by molar-refractivity contribution is 7.89. The fourth-order valence-corrected chi connectivity index (χ4v) is 6.65. The first kappa shape index (κ1) is 26.6. The summed E-state index contributed by atoms with van der Waals surface area (Å²) in [6, 6.07) is 24.8. The predicted molar refractivity (Wildman–Crippen MR) is 149 cm³/mol. The SMILES string of the molecule is O=C(NCc1cccc(CN2CCCC2)c1)c1ccc(CN2CCN(S(=O)(=O)c3ccccc3)CC2)cc1. The molecular weight excluding hydrogens is 496 g/mol. The molecule has 8 heteroatoms. The summed E-state index contributed by atoms with van der Waals surface area (Å²) in [6.45, 7) is 6.83. The van der Waals surface area contributed by atoms with Gasteiger partial charge in [-0.25, -0.2) is 8.42 Å².